The van der Waals surface area contributed by atoms with E-state index < -0.39 is 0 Å². The number of piperidine rings is 1. The minimum atomic E-state index is -0.173. The Bertz CT molecular complexity index is 861. The number of quaternary nitrogens is 1. The fourth-order valence-electron chi connectivity index (χ4n) is 9.47. The molecule has 3 spiro atoms. The quantitative estimate of drug-likeness (QED) is 0.572. The highest BCUT2D eigenvalue weighted by atomic mass is 35.5. The number of nitrogens with one attached hydrogen (secondary N) is 1. The molecule has 5 unspecified atom stereocenters. The third kappa shape index (κ3) is 1.55. The fraction of sp³-hybridized carbons (Fsp3) is 0.696. The van der Waals surface area contributed by atoms with Gasteiger partial charge in [-0.1, -0.05) is 25.1 Å². The summed E-state index contributed by atoms with van der Waals surface area (Å²) in [4.78, 5) is 13.1. The summed E-state index contributed by atoms with van der Waals surface area (Å²) in [5, 5.41) is 4.02. The third-order valence-electron chi connectivity index (χ3n) is 10.0. The van der Waals surface area contributed by atoms with Gasteiger partial charge < -0.3 is 26.9 Å². The van der Waals surface area contributed by atoms with Crippen LogP contribution >= 0.6 is 0 Å². The van der Waals surface area contributed by atoms with Gasteiger partial charge in [-0.3, -0.25) is 4.79 Å². The van der Waals surface area contributed by atoms with Crippen molar-refractivity contribution in [2.75, 3.05) is 32.1 Å². The maximum atomic E-state index is 13.1. The maximum absolute atomic E-state index is 13.1. The standard InChI is InChI=1S/C23H31N2O2.ClH/c1-4-25-12-7-10-21-14-17(19(26)27-3)23(15(21)2)22(11-13-25,20(21)25)16-8-5-6-9-18(16)24-23;/h5-6,8-9,15,17,20,24H,4,7,10-14H2,1-3H3;1H/q+1;/p-1/t15?,17?,20?,21-,22?,23+,25?;/m1./s1. The van der Waals surface area contributed by atoms with Crippen molar-refractivity contribution in [3.05, 3.63) is 29.8 Å². The van der Waals surface area contributed by atoms with Crippen LogP contribution in [0.15, 0.2) is 24.3 Å². The van der Waals surface area contributed by atoms with Crippen LogP contribution in [0.4, 0.5) is 5.69 Å². The monoisotopic (exact) mass is 402 g/mol. The number of esters is 1. The van der Waals surface area contributed by atoms with Crippen LogP contribution in [0.2, 0.25) is 0 Å². The van der Waals surface area contributed by atoms with Gasteiger partial charge in [-0.25, -0.2) is 0 Å². The number of likely N-dealkylation sites (N-methyl/N-ethyl adjacent to an activating group) is 1. The van der Waals surface area contributed by atoms with Gasteiger partial charge in [0.1, 0.15) is 6.04 Å². The van der Waals surface area contributed by atoms with Crippen molar-refractivity contribution in [2.45, 2.75) is 56.5 Å². The van der Waals surface area contributed by atoms with Gasteiger partial charge >= 0.3 is 5.97 Å². The number of anilines is 1. The van der Waals surface area contributed by atoms with Crippen molar-refractivity contribution in [1.29, 1.82) is 0 Å². The van der Waals surface area contributed by atoms with Gasteiger partial charge in [-0.05, 0) is 43.7 Å². The number of carbonyl (C=O) groups excluding carboxylic acids is 1. The fourth-order valence-corrected chi connectivity index (χ4v) is 9.47. The number of hydrogen-bond donors (Lipinski definition) is 1. The number of nitrogens with zero attached hydrogens (tertiary/aromatic N) is 1. The lowest BCUT2D eigenvalue weighted by atomic mass is 9.56. The molecular weight excluding hydrogens is 372 g/mol. The molecule has 0 amide bonds. The van der Waals surface area contributed by atoms with Gasteiger partial charge in [-0.2, -0.15) is 0 Å². The molecule has 5 aliphatic rings. The van der Waals surface area contributed by atoms with Crippen LogP contribution < -0.4 is 17.7 Å². The number of methoxy groups -OCH3 is 1. The van der Waals surface area contributed by atoms with E-state index in [0.29, 0.717) is 12.0 Å². The molecule has 4 fully saturated rings. The summed E-state index contributed by atoms with van der Waals surface area (Å²) in [6.45, 7) is 8.66. The van der Waals surface area contributed by atoms with E-state index in [1.165, 1.54) is 54.6 Å². The second-order valence-corrected chi connectivity index (χ2v) is 9.98. The molecule has 7 atom stereocenters. The molecule has 28 heavy (non-hydrogen) atoms. The van der Waals surface area contributed by atoms with Crippen molar-refractivity contribution >= 4 is 11.7 Å². The first-order valence-corrected chi connectivity index (χ1v) is 10.8. The Morgan fingerprint density at radius 1 is 1.29 bits per heavy atom. The predicted octanol–water partition coefficient (Wildman–Crippen LogP) is 0.325. The van der Waals surface area contributed by atoms with Gasteiger partial charge in [0.05, 0.1) is 43.6 Å². The second kappa shape index (κ2) is 5.46. The van der Waals surface area contributed by atoms with Crippen LogP contribution in [0.5, 0.6) is 0 Å². The molecule has 1 aromatic carbocycles. The predicted molar refractivity (Wildman–Crippen MR) is 104 cm³/mol. The average Bonchev–Trinajstić information content (AvgIpc) is 3.34. The molecule has 1 N–H and O–H groups in total. The summed E-state index contributed by atoms with van der Waals surface area (Å²) >= 11 is 0. The first-order valence-electron chi connectivity index (χ1n) is 10.8. The third-order valence-corrected chi connectivity index (χ3v) is 10.0. The van der Waals surface area contributed by atoms with E-state index in [4.69, 9.17) is 4.74 Å². The summed E-state index contributed by atoms with van der Waals surface area (Å²) in [7, 11) is 1.57. The van der Waals surface area contributed by atoms with E-state index in [0.717, 1.165) is 6.42 Å². The average molecular weight is 403 g/mol. The number of benzene rings is 1. The van der Waals surface area contributed by atoms with E-state index in [9.17, 15) is 4.79 Å². The Balaban J connectivity index is 0.00000171. The Kier molecular flexibility index (Phi) is 3.65. The molecular formula is C23H31ClN2O2. The molecule has 3 heterocycles. The van der Waals surface area contributed by atoms with Crippen molar-refractivity contribution in [2.24, 2.45) is 17.3 Å². The highest BCUT2D eigenvalue weighted by Crippen LogP contribution is 2.81. The first kappa shape index (κ1) is 18.7. The second-order valence-electron chi connectivity index (χ2n) is 9.98. The number of hydrogen-bond acceptors (Lipinski definition) is 3. The molecule has 2 saturated carbocycles. The highest BCUT2D eigenvalue weighted by molar-refractivity contribution is 5.82. The number of halogens is 1. The number of ether oxygens (including phenoxy) is 1. The van der Waals surface area contributed by atoms with Crippen molar-refractivity contribution in [3.8, 4) is 0 Å². The van der Waals surface area contributed by atoms with Crippen LogP contribution in [0, 0.1) is 17.3 Å². The molecule has 3 aliphatic heterocycles. The van der Waals surface area contributed by atoms with Gasteiger partial charge in [0.2, 0.25) is 0 Å². The molecule has 0 aromatic heterocycles. The van der Waals surface area contributed by atoms with Crippen molar-refractivity contribution in [1.82, 2.24) is 0 Å². The molecule has 2 bridgehead atoms. The lowest BCUT2D eigenvalue weighted by Gasteiger charge is -2.55. The Labute approximate surface area is 174 Å². The van der Waals surface area contributed by atoms with E-state index in [2.05, 4.69) is 43.4 Å². The smallest absolute Gasteiger partial charge is 0.311 e. The molecule has 5 heteroatoms. The summed E-state index contributed by atoms with van der Waals surface area (Å²) in [6, 6.07) is 9.58. The van der Waals surface area contributed by atoms with Gasteiger partial charge in [0.25, 0.3) is 0 Å². The zero-order valence-electron chi connectivity index (χ0n) is 17.1. The molecule has 0 radical (unpaired) electrons. The van der Waals surface area contributed by atoms with Crippen LogP contribution in [0.3, 0.4) is 0 Å². The Morgan fingerprint density at radius 2 is 2.07 bits per heavy atom. The SMILES string of the molecule is CC[N+]12CCC[C@]34CC(C(=O)OC)[C@@]5(Nc6ccccc6C5(CC1)C32)C4C.[Cl-]. The Morgan fingerprint density at radius 3 is 2.82 bits per heavy atom. The molecule has 2 saturated heterocycles. The lowest BCUT2D eigenvalue weighted by Crippen LogP contribution is -3.00. The first-order chi connectivity index (χ1) is 13.0. The lowest BCUT2D eigenvalue weighted by molar-refractivity contribution is -0.952. The van der Waals surface area contributed by atoms with E-state index >= 15 is 0 Å². The topological polar surface area (TPSA) is 38.3 Å². The van der Waals surface area contributed by atoms with E-state index in [-0.39, 0.29) is 40.7 Å². The minimum Gasteiger partial charge on any atom is -1.00 e. The van der Waals surface area contributed by atoms with Crippen LogP contribution in [-0.4, -0.2) is 48.8 Å². The van der Waals surface area contributed by atoms with Gasteiger partial charge in [0.15, 0.2) is 0 Å². The Hall–Kier alpha value is -1.26. The highest BCUT2D eigenvalue weighted by Gasteiger charge is 2.90. The molecule has 4 nitrogen and oxygen atoms in total. The normalized spacial score (nSPS) is 48.9. The van der Waals surface area contributed by atoms with E-state index in [1.54, 1.807) is 7.11 Å². The minimum absolute atomic E-state index is 0. The number of para-hydroxylation sites is 1. The molecule has 1 aromatic rings. The maximum Gasteiger partial charge on any atom is 0.311 e. The van der Waals surface area contributed by atoms with Crippen LogP contribution in [0.25, 0.3) is 0 Å². The van der Waals surface area contributed by atoms with Gasteiger partial charge in [0, 0.05) is 17.5 Å². The molecule has 152 valence electrons. The zero-order chi connectivity index (χ0) is 18.7. The summed E-state index contributed by atoms with van der Waals surface area (Å²) in [5.41, 5.74) is 2.94. The van der Waals surface area contributed by atoms with Crippen LogP contribution in [-0.2, 0) is 14.9 Å². The van der Waals surface area contributed by atoms with E-state index in [1.807, 2.05) is 0 Å². The van der Waals surface area contributed by atoms with Crippen molar-refractivity contribution in [3.63, 3.8) is 0 Å². The summed E-state index contributed by atoms with van der Waals surface area (Å²) in [5.74, 6) is 0.469. The largest absolute Gasteiger partial charge is 1.00 e. The number of rotatable bonds is 2. The zero-order valence-corrected chi connectivity index (χ0v) is 17.9. The number of fused-ring (bicyclic) bond motifs is 1. The van der Waals surface area contributed by atoms with Crippen LogP contribution in [0.1, 0.15) is 45.1 Å². The molecule has 6 rings (SSSR count). The molecule has 2 aliphatic carbocycles. The van der Waals surface area contributed by atoms with Crippen molar-refractivity contribution < 1.29 is 26.4 Å². The van der Waals surface area contributed by atoms with Gasteiger partial charge in [-0.15, -0.1) is 0 Å². The summed E-state index contributed by atoms with van der Waals surface area (Å²) in [6.07, 6.45) is 4.79. The summed E-state index contributed by atoms with van der Waals surface area (Å²) < 4.78 is 6.66. The number of carbonyl (C=O) groups is 1.